The van der Waals surface area contributed by atoms with Crippen LogP contribution in [0.15, 0.2) is 12.7 Å². The highest BCUT2D eigenvalue weighted by atomic mass is 16.5. The molecule has 1 fully saturated rings. The van der Waals surface area contributed by atoms with Crippen molar-refractivity contribution in [2.45, 2.75) is 39.0 Å². The first-order valence-corrected chi connectivity index (χ1v) is 5.48. The van der Waals surface area contributed by atoms with Crippen molar-refractivity contribution in [1.29, 1.82) is 0 Å². The Hall–Kier alpha value is -0.870. The molecule has 1 rings (SSSR count). The van der Waals surface area contributed by atoms with Gasteiger partial charge in [-0.2, -0.15) is 0 Å². The van der Waals surface area contributed by atoms with Crippen LogP contribution in [-0.4, -0.2) is 41.4 Å². The van der Waals surface area contributed by atoms with Crippen LogP contribution in [0.2, 0.25) is 0 Å². The minimum atomic E-state index is -0.637. The molecular weight excluding hydrogens is 206 g/mol. The van der Waals surface area contributed by atoms with Crippen molar-refractivity contribution in [2.24, 2.45) is 5.41 Å². The molecule has 0 spiro atoms. The van der Waals surface area contributed by atoms with Gasteiger partial charge < -0.3 is 14.7 Å². The normalized spacial score (nSPS) is 30.5. The average Bonchev–Trinajstić information content (AvgIpc) is 2.57. The monoisotopic (exact) mass is 227 g/mol. The zero-order chi connectivity index (χ0) is 12.4. The molecule has 16 heavy (non-hydrogen) atoms. The molecule has 1 saturated heterocycles. The molecule has 1 aliphatic rings. The lowest BCUT2D eigenvalue weighted by molar-refractivity contribution is -0.134. The summed E-state index contributed by atoms with van der Waals surface area (Å²) in [5.74, 6) is 0. The number of aliphatic hydroxyl groups excluding tert-OH is 1. The van der Waals surface area contributed by atoms with Crippen molar-refractivity contribution in [1.82, 2.24) is 4.90 Å². The fourth-order valence-electron chi connectivity index (χ4n) is 2.10. The molecule has 0 aromatic rings. The van der Waals surface area contributed by atoms with Gasteiger partial charge in [-0.05, 0) is 6.42 Å². The first-order chi connectivity index (χ1) is 7.41. The molecule has 1 amide bonds. The third kappa shape index (κ3) is 2.13. The van der Waals surface area contributed by atoms with Crippen LogP contribution in [0.4, 0.5) is 0 Å². The Morgan fingerprint density at radius 1 is 1.62 bits per heavy atom. The van der Waals surface area contributed by atoms with Gasteiger partial charge in [0.15, 0.2) is 0 Å². The van der Waals surface area contributed by atoms with Gasteiger partial charge in [0.05, 0.1) is 18.8 Å². The van der Waals surface area contributed by atoms with Gasteiger partial charge in [0.1, 0.15) is 6.23 Å². The molecule has 1 N–H and O–H groups in total. The molecule has 0 bridgehead atoms. The lowest BCUT2D eigenvalue weighted by Crippen LogP contribution is -2.53. The van der Waals surface area contributed by atoms with Crippen LogP contribution in [0, 0.1) is 5.41 Å². The van der Waals surface area contributed by atoms with Gasteiger partial charge >= 0.3 is 0 Å². The van der Waals surface area contributed by atoms with E-state index in [0.29, 0.717) is 13.0 Å². The summed E-state index contributed by atoms with van der Waals surface area (Å²) in [5.41, 5.74) is -0.805. The molecule has 4 heteroatoms. The first-order valence-electron chi connectivity index (χ1n) is 5.48. The summed E-state index contributed by atoms with van der Waals surface area (Å²) in [7, 11) is 0. The van der Waals surface area contributed by atoms with Gasteiger partial charge in [-0.3, -0.25) is 4.79 Å². The Balaban J connectivity index is 2.99. The number of carbonyl (C=O) groups is 1. The predicted molar refractivity (Wildman–Crippen MR) is 61.7 cm³/mol. The molecule has 92 valence electrons. The highest BCUT2D eigenvalue weighted by molar-refractivity contribution is 5.51. The summed E-state index contributed by atoms with van der Waals surface area (Å²) in [4.78, 5) is 12.8. The van der Waals surface area contributed by atoms with Crippen LogP contribution in [0.5, 0.6) is 0 Å². The predicted octanol–water partition coefficient (Wildman–Crippen LogP) is 1.15. The minimum Gasteiger partial charge on any atom is -0.394 e. The number of hydrogen-bond acceptors (Lipinski definition) is 3. The quantitative estimate of drug-likeness (QED) is 0.579. The van der Waals surface area contributed by atoms with Crippen LogP contribution >= 0.6 is 0 Å². The second-order valence-electron chi connectivity index (χ2n) is 5.42. The molecule has 0 saturated carbocycles. The second kappa shape index (κ2) is 4.55. The maximum absolute atomic E-state index is 11.2. The summed E-state index contributed by atoms with van der Waals surface area (Å²) < 4.78 is 5.67. The number of rotatable bonds is 4. The molecule has 0 unspecified atom stereocenters. The lowest BCUT2D eigenvalue weighted by atomic mass is 9.90. The molecule has 0 aromatic heterocycles. The van der Waals surface area contributed by atoms with Gasteiger partial charge in [-0.25, -0.2) is 0 Å². The van der Waals surface area contributed by atoms with E-state index in [4.69, 9.17) is 4.74 Å². The van der Waals surface area contributed by atoms with E-state index < -0.39 is 5.54 Å². The van der Waals surface area contributed by atoms with Crippen LogP contribution < -0.4 is 0 Å². The van der Waals surface area contributed by atoms with Gasteiger partial charge in [0.2, 0.25) is 6.41 Å². The third-order valence-corrected chi connectivity index (χ3v) is 2.98. The van der Waals surface area contributed by atoms with E-state index in [0.717, 1.165) is 6.41 Å². The molecule has 4 nitrogen and oxygen atoms in total. The van der Waals surface area contributed by atoms with Crippen LogP contribution in [-0.2, 0) is 9.53 Å². The summed E-state index contributed by atoms with van der Waals surface area (Å²) >= 11 is 0. The molecular formula is C12H21NO3. The Bertz CT molecular complexity index is 272. The first kappa shape index (κ1) is 13.2. The number of amides is 1. The Labute approximate surface area is 96.9 Å². The topological polar surface area (TPSA) is 49.8 Å². The summed E-state index contributed by atoms with van der Waals surface area (Å²) in [6, 6.07) is 0. The van der Waals surface area contributed by atoms with Crippen molar-refractivity contribution >= 4 is 6.41 Å². The summed E-state index contributed by atoms with van der Waals surface area (Å²) in [6.07, 6.45) is 2.72. The van der Waals surface area contributed by atoms with E-state index >= 15 is 0 Å². The number of hydrogen-bond donors (Lipinski definition) is 1. The fraction of sp³-hybridized carbons (Fsp3) is 0.750. The molecule has 0 radical (unpaired) electrons. The zero-order valence-corrected chi connectivity index (χ0v) is 10.3. The largest absolute Gasteiger partial charge is 0.394 e. The minimum absolute atomic E-state index is 0.107. The van der Waals surface area contributed by atoms with Crippen molar-refractivity contribution in [3.8, 4) is 0 Å². The molecule has 1 heterocycles. The second-order valence-corrected chi connectivity index (χ2v) is 5.42. The van der Waals surface area contributed by atoms with E-state index in [1.54, 1.807) is 11.0 Å². The number of ether oxygens (including phenoxy) is 1. The van der Waals surface area contributed by atoms with Gasteiger partial charge in [0.25, 0.3) is 0 Å². The van der Waals surface area contributed by atoms with E-state index in [1.807, 2.05) is 20.8 Å². The molecule has 0 aliphatic carbocycles. The zero-order valence-electron chi connectivity index (χ0n) is 10.3. The van der Waals surface area contributed by atoms with Gasteiger partial charge in [0, 0.05) is 5.41 Å². The van der Waals surface area contributed by atoms with E-state index in [2.05, 4.69) is 6.58 Å². The molecule has 2 atom stereocenters. The number of aliphatic hydroxyl groups is 1. The van der Waals surface area contributed by atoms with Gasteiger partial charge in [-0.15, -0.1) is 6.58 Å². The van der Waals surface area contributed by atoms with E-state index in [-0.39, 0.29) is 18.2 Å². The smallest absolute Gasteiger partial charge is 0.212 e. The Morgan fingerprint density at radius 3 is 2.62 bits per heavy atom. The molecule has 1 aliphatic heterocycles. The Kier molecular flexibility index (Phi) is 3.76. The van der Waals surface area contributed by atoms with Crippen molar-refractivity contribution in [3.05, 3.63) is 12.7 Å². The van der Waals surface area contributed by atoms with Crippen molar-refractivity contribution < 1.29 is 14.6 Å². The highest BCUT2D eigenvalue weighted by Gasteiger charge is 2.49. The van der Waals surface area contributed by atoms with E-state index in [1.165, 1.54) is 0 Å². The Morgan fingerprint density at radius 2 is 2.25 bits per heavy atom. The SMILES string of the molecule is C=CC[C@@]1(CO)CO[C@H](C(C)(C)C)N1C=O. The highest BCUT2D eigenvalue weighted by Crippen LogP contribution is 2.37. The summed E-state index contributed by atoms with van der Waals surface area (Å²) in [6.45, 7) is 9.94. The number of carbonyl (C=O) groups excluding carboxylic acids is 1. The maximum atomic E-state index is 11.2. The van der Waals surface area contributed by atoms with Gasteiger partial charge in [-0.1, -0.05) is 26.8 Å². The van der Waals surface area contributed by atoms with E-state index in [9.17, 15) is 9.90 Å². The van der Waals surface area contributed by atoms with Crippen LogP contribution in [0.3, 0.4) is 0 Å². The molecule has 0 aromatic carbocycles. The van der Waals surface area contributed by atoms with Crippen molar-refractivity contribution in [3.63, 3.8) is 0 Å². The van der Waals surface area contributed by atoms with Crippen LogP contribution in [0.25, 0.3) is 0 Å². The standard InChI is InChI=1S/C12H21NO3/c1-5-6-12(7-14)8-16-10(11(2,3)4)13(12)9-15/h5,9-10,14H,1,6-8H2,2-4H3/t10-,12-/m1/s1. The van der Waals surface area contributed by atoms with Crippen LogP contribution in [0.1, 0.15) is 27.2 Å². The summed E-state index contributed by atoms with van der Waals surface area (Å²) in [5, 5.41) is 9.50. The number of nitrogens with zero attached hydrogens (tertiary/aromatic N) is 1. The lowest BCUT2D eigenvalue weighted by Gasteiger charge is -2.38. The van der Waals surface area contributed by atoms with Crippen molar-refractivity contribution in [2.75, 3.05) is 13.2 Å². The maximum Gasteiger partial charge on any atom is 0.212 e. The average molecular weight is 227 g/mol. The fourth-order valence-corrected chi connectivity index (χ4v) is 2.10. The third-order valence-electron chi connectivity index (χ3n) is 2.98.